The van der Waals surface area contributed by atoms with Crippen LogP contribution >= 0.6 is 23.8 Å². The number of hydrogen-bond donors (Lipinski definition) is 2. The molecule has 2 N–H and O–H groups in total. The van der Waals surface area contributed by atoms with Crippen LogP contribution in [-0.4, -0.2) is 22.9 Å². The third-order valence-corrected chi connectivity index (χ3v) is 4.46. The number of thiocarbonyl (C=S) groups is 1. The molecule has 1 heterocycles. The van der Waals surface area contributed by atoms with E-state index in [1.165, 1.54) is 6.07 Å². The quantitative estimate of drug-likeness (QED) is 0.413. The van der Waals surface area contributed by atoms with Crippen LogP contribution in [0, 0.1) is 5.82 Å². The average Bonchev–Trinajstić information content (AvgIpc) is 2.96. The van der Waals surface area contributed by atoms with Crippen LogP contribution in [0.1, 0.15) is 11.1 Å². The number of hydrogen-bond acceptors (Lipinski definition) is 2. The molecule has 1 aromatic heterocycles. The molecule has 0 aliphatic carbocycles. The van der Waals surface area contributed by atoms with Crippen LogP contribution in [0.2, 0.25) is 5.02 Å². The number of fused-ring (bicyclic) bond motifs is 1. The minimum atomic E-state index is -0.318. The highest BCUT2D eigenvalue weighted by Gasteiger charge is 2.11. The molecule has 128 valence electrons. The van der Waals surface area contributed by atoms with Gasteiger partial charge in [-0.2, -0.15) is 5.10 Å². The van der Waals surface area contributed by atoms with Crippen LogP contribution in [-0.2, 0) is 6.54 Å². The zero-order valence-corrected chi connectivity index (χ0v) is 15.0. The molecular formula is C18H16ClFN4S. The molecule has 0 bridgehead atoms. The Hall–Kier alpha value is -2.44. The van der Waals surface area contributed by atoms with Gasteiger partial charge in [-0.1, -0.05) is 35.9 Å². The molecule has 0 radical (unpaired) electrons. The van der Waals surface area contributed by atoms with Crippen molar-refractivity contribution in [1.29, 1.82) is 0 Å². The molecule has 0 atom stereocenters. The van der Waals surface area contributed by atoms with E-state index in [0.29, 0.717) is 22.2 Å². The van der Waals surface area contributed by atoms with Crippen LogP contribution in [0.5, 0.6) is 0 Å². The topological polar surface area (TPSA) is 41.4 Å². The van der Waals surface area contributed by atoms with Crippen LogP contribution < -0.4 is 10.7 Å². The molecule has 0 spiro atoms. The molecule has 0 unspecified atom stereocenters. The van der Waals surface area contributed by atoms with E-state index in [2.05, 4.69) is 15.8 Å². The van der Waals surface area contributed by atoms with E-state index in [1.54, 1.807) is 25.4 Å². The number of rotatable bonds is 4. The van der Waals surface area contributed by atoms with Gasteiger partial charge < -0.3 is 9.88 Å². The summed E-state index contributed by atoms with van der Waals surface area (Å²) in [5.74, 6) is -0.318. The van der Waals surface area contributed by atoms with Crippen molar-refractivity contribution >= 4 is 46.0 Å². The molecule has 7 heteroatoms. The van der Waals surface area contributed by atoms with Crippen molar-refractivity contribution in [3.05, 3.63) is 70.6 Å². The van der Waals surface area contributed by atoms with Crippen LogP contribution in [0.15, 0.2) is 53.8 Å². The minimum Gasteiger partial charge on any atom is -0.364 e. The normalized spacial score (nSPS) is 11.2. The Kier molecular flexibility index (Phi) is 5.31. The van der Waals surface area contributed by atoms with Crippen molar-refractivity contribution in [2.24, 2.45) is 5.10 Å². The lowest BCUT2D eigenvalue weighted by molar-refractivity contribution is 0.602. The Labute approximate surface area is 155 Å². The van der Waals surface area contributed by atoms with E-state index in [1.807, 2.05) is 35.0 Å². The maximum absolute atomic E-state index is 14.1. The van der Waals surface area contributed by atoms with Crippen molar-refractivity contribution in [2.75, 3.05) is 7.05 Å². The van der Waals surface area contributed by atoms with Gasteiger partial charge >= 0.3 is 0 Å². The summed E-state index contributed by atoms with van der Waals surface area (Å²) in [6, 6.07) is 12.6. The summed E-state index contributed by atoms with van der Waals surface area (Å²) in [4.78, 5) is 0. The summed E-state index contributed by atoms with van der Waals surface area (Å²) in [5, 5.41) is 8.76. The molecule has 0 saturated heterocycles. The highest BCUT2D eigenvalue weighted by Crippen LogP contribution is 2.25. The minimum absolute atomic E-state index is 0.318. The Morgan fingerprint density at radius 3 is 2.84 bits per heavy atom. The molecule has 25 heavy (non-hydrogen) atoms. The summed E-state index contributed by atoms with van der Waals surface area (Å²) in [6.45, 7) is 0.336. The zero-order valence-electron chi connectivity index (χ0n) is 13.5. The number of para-hydroxylation sites is 1. The number of hydrazone groups is 1. The Morgan fingerprint density at radius 1 is 1.28 bits per heavy atom. The van der Waals surface area contributed by atoms with E-state index in [0.717, 1.165) is 16.5 Å². The van der Waals surface area contributed by atoms with Gasteiger partial charge in [-0.05, 0) is 30.4 Å². The number of benzene rings is 2. The molecular weight excluding hydrogens is 359 g/mol. The third-order valence-electron chi connectivity index (χ3n) is 3.81. The predicted molar refractivity (Wildman–Crippen MR) is 105 cm³/mol. The van der Waals surface area contributed by atoms with Gasteiger partial charge in [-0.25, -0.2) is 4.39 Å². The molecule has 0 saturated carbocycles. The maximum atomic E-state index is 14.1. The van der Waals surface area contributed by atoms with Gasteiger partial charge in [0.05, 0.1) is 12.8 Å². The number of aromatic nitrogens is 1. The van der Waals surface area contributed by atoms with Crippen molar-refractivity contribution in [1.82, 2.24) is 15.3 Å². The summed E-state index contributed by atoms with van der Waals surface area (Å²) in [7, 11) is 1.72. The summed E-state index contributed by atoms with van der Waals surface area (Å²) >= 11 is 11.2. The first-order chi connectivity index (χ1) is 12.1. The molecule has 2 aromatic carbocycles. The molecule has 3 rings (SSSR count). The Balaban J connectivity index is 1.98. The number of nitrogens with zero attached hydrogens (tertiary/aromatic N) is 2. The second-order valence-corrected chi connectivity index (χ2v) is 6.19. The highest BCUT2D eigenvalue weighted by atomic mass is 35.5. The van der Waals surface area contributed by atoms with Crippen molar-refractivity contribution in [3.63, 3.8) is 0 Å². The van der Waals surface area contributed by atoms with Crippen molar-refractivity contribution in [3.8, 4) is 0 Å². The first-order valence-corrected chi connectivity index (χ1v) is 8.40. The molecule has 0 fully saturated rings. The molecule has 3 aromatic rings. The highest BCUT2D eigenvalue weighted by molar-refractivity contribution is 7.80. The zero-order chi connectivity index (χ0) is 17.8. The average molecular weight is 375 g/mol. The van der Waals surface area contributed by atoms with Crippen molar-refractivity contribution in [2.45, 2.75) is 6.54 Å². The second-order valence-electron chi connectivity index (χ2n) is 5.38. The molecule has 0 aliphatic heterocycles. The fourth-order valence-electron chi connectivity index (χ4n) is 2.58. The standard InChI is InChI=1S/C18H16ClFN4S/c1-21-18(25)23-22-9-12-10-24(17-8-3-2-5-13(12)17)11-14-15(19)6-4-7-16(14)20/h2-10H,11H2,1H3,(H2,21,23,25). The lowest BCUT2D eigenvalue weighted by Crippen LogP contribution is -2.28. The van der Waals surface area contributed by atoms with Crippen LogP contribution in [0.4, 0.5) is 4.39 Å². The van der Waals surface area contributed by atoms with E-state index in [4.69, 9.17) is 23.8 Å². The van der Waals surface area contributed by atoms with Gasteiger partial charge in [-0.3, -0.25) is 5.43 Å². The largest absolute Gasteiger partial charge is 0.364 e. The van der Waals surface area contributed by atoms with Crippen LogP contribution in [0.3, 0.4) is 0 Å². The molecule has 4 nitrogen and oxygen atoms in total. The van der Waals surface area contributed by atoms with Crippen LogP contribution in [0.25, 0.3) is 10.9 Å². The van der Waals surface area contributed by atoms with Crippen molar-refractivity contribution < 1.29 is 4.39 Å². The smallest absolute Gasteiger partial charge is 0.186 e. The summed E-state index contributed by atoms with van der Waals surface area (Å²) in [5.41, 5.74) is 5.05. The third kappa shape index (κ3) is 3.81. The van der Waals surface area contributed by atoms with Gasteiger partial charge in [0.25, 0.3) is 0 Å². The lowest BCUT2D eigenvalue weighted by Gasteiger charge is -2.08. The van der Waals surface area contributed by atoms with Gasteiger partial charge in [-0.15, -0.1) is 0 Å². The Bertz CT molecular complexity index is 931. The van der Waals surface area contributed by atoms with Gasteiger partial charge in [0.1, 0.15) is 5.82 Å². The first-order valence-electron chi connectivity index (χ1n) is 7.61. The first kappa shape index (κ1) is 17.4. The summed E-state index contributed by atoms with van der Waals surface area (Å²) < 4.78 is 16.1. The van der Waals surface area contributed by atoms with Gasteiger partial charge in [0, 0.05) is 40.3 Å². The lowest BCUT2D eigenvalue weighted by atomic mass is 10.2. The fourth-order valence-corrected chi connectivity index (χ4v) is 2.85. The Morgan fingerprint density at radius 2 is 2.08 bits per heavy atom. The number of halogens is 2. The number of nitrogens with one attached hydrogen (secondary N) is 2. The predicted octanol–water partition coefficient (Wildman–Crippen LogP) is 3.91. The van der Waals surface area contributed by atoms with Gasteiger partial charge in [0.2, 0.25) is 0 Å². The van der Waals surface area contributed by atoms with E-state index in [-0.39, 0.29) is 5.82 Å². The van der Waals surface area contributed by atoms with Gasteiger partial charge in [0.15, 0.2) is 5.11 Å². The van der Waals surface area contributed by atoms with E-state index >= 15 is 0 Å². The van der Waals surface area contributed by atoms with E-state index < -0.39 is 0 Å². The second kappa shape index (κ2) is 7.63. The maximum Gasteiger partial charge on any atom is 0.186 e. The molecule has 0 aliphatic rings. The fraction of sp³-hybridized carbons (Fsp3) is 0.111. The summed E-state index contributed by atoms with van der Waals surface area (Å²) in [6.07, 6.45) is 3.60. The van der Waals surface area contributed by atoms with E-state index in [9.17, 15) is 4.39 Å². The monoisotopic (exact) mass is 374 g/mol. The molecule has 0 amide bonds. The SMILES string of the molecule is CNC(=S)NN=Cc1cn(Cc2c(F)cccc2Cl)c2ccccc12.